The molecule has 1 unspecified atom stereocenters. The van der Waals surface area contributed by atoms with Crippen LogP contribution < -0.4 is 5.73 Å². The number of carbonyl (C=O) groups is 1. The first kappa shape index (κ1) is 11.3. The zero-order valence-corrected chi connectivity index (χ0v) is 7.93. The smallest absolute Gasteiger partial charge is 0.426 e. The van der Waals surface area contributed by atoms with Crippen molar-refractivity contribution in [2.45, 2.75) is 39.5 Å². The summed E-state index contributed by atoms with van der Waals surface area (Å²) in [4.78, 5) is 10.2. The van der Waals surface area contributed by atoms with Gasteiger partial charge in [0.15, 0.2) is 0 Å². The molecule has 1 amide bonds. The summed E-state index contributed by atoms with van der Waals surface area (Å²) in [5.41, 5.74) is 6.56. The first-order chi connectivity index (χ1) is 5.70. The summed E-state index contributed by atoms with van der Waals surface area (Å²) in [6.45, 7) is 4.64. The molecule has 71 valence electrons. The maximum atomic E-state index is 10.2. The summed E-state index contributed by atoms with van der Waals surface area (Å²) in [7, 11) is 0. The van der Waals surface area contributed by atoms with Gasteiger partial charge in [-0.3, -0.25) is 0 Å². The van der Waals surface area contributed by atoms with Gasteiger partial charge in [0.05, 0.1) is 6.61 Å². The van der Waals surface area contributed by atoms with Gasteiger partial charge in [-0.25, -0.2) is 10.5 Å². The largest absolute Gasteiger partial charge is 0.448 e. The number of ether oxygens (including phenoxy) is 1. The second kappa shape index (κ2) is 6.95. The Balaban J connectivity index is 3.45. The third-order valence-corrected chi connectivity index (χ3v) is 1.99. The number of amides is 1. The van der Waals surface area contributed by atoms with Crippen molar-refractivity contribution < 1.29 is 9.53 Å². The first-order valence-electron chi connectivity index (χ1n) is 4.59. The maximum Gasteiger partial charge on any atom is 0.426 e. The Morgan fingerprint density at radius 1 is 1.50 bits per heavy atom. The van der Waals surface area contributed by atoms with Gasteiger partial charge in [0, 0.05) is 0 Å². The van der Waals surface area contributed by atoms with Gasteiger partial charge >= 0.3 is 6.09 Å². The Morgan fingerprint density at radius 2 is 2.17 bits per heavy atom. The Labute approximate surface area is 74.3 Å². The first-order valence-corrected chi connectivity index (χ1v) is 4.59. The molecule has 3 heteroatoms. The van der Waals surface area contributed by atoms with Crippen molar-refractivity contribution in [3.05, 3.63) is 0 Å². The van der Waals surface area contributed by atoms with Crippen LogP contribution in [0, 0.1) is 5.92 Å². The molecule has 0 aromatic rings. The van der Waals surface area contributed by atoms with E-state index in [1.807, 2.05) is 0 Å². The number of carbonyl (C=O) groups excluding carboxylic acids is 1. The highest BCUT2D eigenvalue weighted by Gasteiger charge is 2.07. The summed E-state index contributed by atoms with van der Waals surface area (Å²) in [6, 6.07) is 0. The third kappa shape index (κ3) is 6.01. The predicted octanol–water partition coefficient (Wildman–Crippen LogP) is 2.62. The monoisotopic (exact) mass is 172 g/mol. The topological polar surface area (TPSA) is 50.1 Å². The standard InChI is InChI=1S/C9H18NO2/c1-3-5-6-8(4-2)7-12-9(10)11/h8,10H,3-7H2,1-2H3. The second-order valence-electron chi connectivity index (χ2n) is 3.01. The van der Waals surface area contributed by atoms with E-state index in [-0.39, 0.29) is 0 Å². The van der Waals surface area contributed by atoms with Crippen molar-refractivity contribution in [2.75, 3.05) is 6.61 Å². The second-order valence-corrected chi connectivity index (χ2v) is 3.01. The van der Waals surface area contributed by atoms with Crippen LogP contribution in [0.3, 0.4) is 0 Å². The van der Waals surface area contributed by atoms with E-state index < -0.39 is 6.09 Å². The van der Waals surface area contributed by atoms with E-state index >= 15 is 0 Å². The average Bonchev–Trinajstić information content (AvgIpc) is 2.05. The van der Waals surface area contributed by atoms with E-state index in [0.29, 0.717) is 12.5 Å². The summed E-state index contributed by atoms with van der Waals surface area (Å²) >= 11 is 0. The molecule has 1 radical (unpaired) electrons. The van der Waals surface area contributed by atoms with E-state index in [4.69, 9.17) is 5.73 Å². The van der Waals surface area contributed by atoms with Crippen molar-refractivity contribution in [1.82, 2.24) is 5.73 Å². The average molecular weight is 172 g/mol. The van der Waals surface area contributed by atoms with Crippen molar-refractivity contribution >= 4 is 6.09 Å². The zero-order chi connectivity index (χ0) is 9.40. The van der Waals surface area contributed by atoms with Crippen LogP contribution in [0.1, 0.15) is 39.5 Å². The third-order valence-electron chi connectivity index (χ3n) is 1.99. The highest BCUT2D eigenvalue weighted by atomic mass is 16.5. The minimum absolute atomic E-state index is 0.416. The van der Waals surface area contributed by atoms with Crippen LogP contribution in [0.25, 0.3) is 0 Å². The van der Waals surface area contributed by atoms with Gasteiger partial charge in [0.2, 0.25) is 0 Å². The van der Waals surface area contributed by atoms with E-state index in [1.165, 1.54) is 12.8 Å². The normalized spacial score (nSPS) is 12.5. The number of hydrogen-bond acceptors (Lipinski definition) is 2. The van der Waals surface area contributed by atoms with E-state index in [2.05, 4.69) is 18.6 Å². The molecule has 0 heterocycles. The highest BCUT2D eigenvalue weighted by molar-refractivity contribution is 5.63. The molecular formula is C9H18NO2. The van der Waals surface area contributed by atoms with Gasteiger partial charge in [-0.2, -0.15) is 0 Å². The van der Waals surface area contributed by atoms with Gasteiger partial charge in [-0.15, -0.1) is 0 Å². The molecule has 0 saturated carbocycles. The zero-order valence-electron chi connectivity index (χ0n) is 7.93. The Kier molecular flexibility index (Phi) is 6.53. The molecule has 0 rings (SSSR count). The fourth-order valence-electron chi connectivity index (χ4n) is 1.09. The number of nitrogens with one attached hydrogen (secondary N) is 1. The van der Waals surface area contributed by atoms with Gasteiger partial charge in [0.1, 0.15) is 0 Å². The van der Waals surface area contributed by atoms with Gasteiger partial charge in [-0.1, -0.05) is 33.1 Å². The van der Waals surface area contributed by atoms with Crippen molar-refractivity contribution in [1.29, 1.82) is 0 Å². The van der Waals surface area contributed by atoms with Crippen molar-refractivity contribution in [2.24, 2.45) is 5.92 Å². The molecule has 0 fully saturated rings. The molecule has 1 atom stereocenters. The van der Waals surface area contributed by atoms with Crippen molar-refractivity contribution in [3.8, 4) is 0 Å². The summed E-state index contributed by atoms with van der Waals surface area (Å²) in [6.07, 6.45) is 3.55. The van der Waals surface area contributed by atoms with Crippen LogP contribution in [0.2, 0.25) is 0 Å². The lowest BCUT2D eigenvalue weighted by atomic mass is 10.0. The fourth-order valence-corrected chi connectivity index (χ4v) is 1.09. The van der Waals surface area contributed by atoms with Gasteiger partial charge in [-0.05, 0) is 12.3 Å². The van der Waals surface area contributed by atoms with Crippen LogP contribution in [0.5, 0.6) is 0 Å². The number of unbranched alkanes of at least 4 members (excludes halogenated alkanes) is 1. The molecule has 0 bridgehead atoms. The van der Waals surface area contributed by atoms with Crippen LogP contribution in [-0.2, 0) is 4.74 Å². The van der Waals surface area contributed by atoms with Gasteiger partial charge < -0.3 is 4.74 Å². The summed E-state index contributed by atoms with van der Waals surface area (Å²) in [5.74, 6) is 0.444. The maximum absolute atomic E-state index is 10.2. The molecule has 3 nitrogen and oxygen atoms in total. The quantitative estimate of drug-likeness (QED) is 0.618. The van der Waals surface area contributed by atoms with Crippen LogP contribution in [0.4, 0.5) is 4.79 Å². The molecule has 0 aromatic carbocycles. The lowest BCUT2D eigenvalue weighted by Gasteiger charge is -2.12. The minimum atomic E-state index is -0.912. The van der Waals surface area contributed by atoms with Crippen molar-refractivity contribution in [3.63, 3.8) is 0 Å². The van der Waals surface area contributed by atoms with E-state index in [0.717, 1.165) is 12.8 Å². The Bertz CT molecular complexity index is 126. The van der Waals surface area contributed by atoms with Gasteiger partial charge in [0.25, 0.3) is 0 Å². The molecular weight excluding hydrogens is 154 g/mol. The Hall–Kier alpha value is -0.730. The molecule has 0 aliphatic heterocycles. The lowest BCUT2D eigenvalue weighted by molar-refractivity contribution is 0.130. The van der Waals surface area contributed by atoms with Crippen LogP contribution in [-0.4, -0.2) is 12.7 Å². The van der Waals surface area contributed by atoms with Crippen LogP contribution >= 0.6 is 0 Å². The van der Waals surface area contributed by atoms with E-state index in [1.54, 1.807) is 0 Å². The molecule has 1 N–H and O–H groups in total. The Morgan fingerprint density at radius 3 is 2.58 bits per heavy atom. The summed E-state index contributed by atoms with van der Waals surface area (Å²) in [5, 5.41) is 0. The highest BCUT2D eigenvalue weighted by Crippen LogP contribution is 2.12. The molecule has 12 heavy (non-hydrogen) atoms. The lowest BCUT2D eigenvalue weighted by Crippen LogP contribution is -2.12. The predicted molar refractivity (Wildman–Crippen MR) is 47.8 cm³/mol. The SMILES string of the molecule is CCCCC(CC)COC([NH])=O. The molecule has 0 aliphatic carbocycles. The molecule has 0 aliphatic rings. The molecule has 0 spiro atoms. The van der Waals surface area contributed by atoms with E-state index in [9.17, 15) is 4.79 Å². The summed E-state index contributed by atoms with van der Waals surface area (Å²) < 4.78 is 4.62. The minimum Gasteiger partial charge on any atom is -0.448 e. The number of hydrogen-bond donors (Lipinski definition) is 0. The number of rotatable bonds is 6. The molecule has 0 saturated heterocycles. The molecule has 0 aromatic heterocycles. The van der Waals surface area contributed by atoms with Crippen LogP contribution in [0.15, 0.2) is 0 Å². The fraction of sp³-hybridized carbons (Fsp3) is 0.889.